The fourth-order valence-corrected chi connectivity index (χ4v) is 3.22. The third kappa shape index (κ3) is 4.19. The lowest BCUT2D eigenvalue weighted by molar-refractivity contribution is -0.149. The molecule has 0 aromatic rings. The predicted molar refractivity (Wildman–Crippen MR) is 80.8 cm³/mol. The zero-order chi connectivity index (χ0) is 15.4. The highest BCUT2D eigenvalue weighted by molar-refractivity contribution is 5.96. The van der Waals surface area contributed by atoms with Gasteiger partial charge in [0, 0.05) is 13.2 Å². The Morgan fingerprint density at radius 1 is 1.38 bits per heavy atom. The van der Waals surface area contributed by atoms with E-state index in [4.69, 9.17) is 4.74 Å². The van der Waals surface area contributed by atoms with Gasteiger partial charge in [0.05, 0.1) is 6.10 Å². The molecule has 2 saturated heterocycles. The molecule has 0 bridgehead atoms. The van der Waals surface area contributed by atoms with E-state index in [1.165, 1.54) is 0 Å². The summed E-state index contributed by atoms with van der Waals surface area (Å²) in [6.45, 7) is 7.45. The highest BCUT2D eigenvalue weighted by Crippen LogP contribution is 2.21. The Balaban J connectivity index is 1.92. The highest BCUT2D eigenvalue weighted by atomic mass is 16.5. The van der Waals surface area contributed by atoms with Crippen LogP contribution in [-0.2, 0) is 14.3 Å². The van der Waals surface area contributed by atoms with Gasteiger partial charge >= 0.3 is 0 Å². The minimum atomic E-state index is -0.399. The third-order valence-corrected chi connectivity index (χ3v) is 4.33. The number of nitrogens with one attached hydrogen (secondary N) is 1. The van der Waals surface area contributed by atoms with E-state index in [0.717, 1.165) is 38.7 Å². The van der Waals surface area contributed by atoms with Gasteiger partial charge in [0.2, 0.25) is 11.8 Å². The molecule has 0 radical (unpaired) electrons. The van der Waals surface area contributed by atoms with E-state index in [0.29, 0.717) is 18.6 Å². The lowest BCUT2D eigenvalue weighted by Crippen LogP contribution is -2.62. The second kappa shape index (κ2) is 7.25. The molecule has 3 atom stereocenters. The van der Waals surface area contributed by atoms with Crippen LogP contribution in [0, 0.1) is 5.92 Å². The van der Waals surface area contributed by atoms with Gasteiger partial charge in [-0.3, -0.25) is 9.59 Å². The molecule has 0 aliphatic carbocycles. The van der Waals surface area contributed by atoms with Gasteiger partial charge in [-0.2, -0.15) is 0 Å². The first-order valence-corrected chi connectivity index (χ1v) is 8.21. The summed E-state index contributed by atoms with van der Waals surface area (Å²) >= 11 is 0. The van der Waals surface area contributed by atoms with Crippen LogP contribution in [-0.4, -0.2) is 48.1 Å². The number of piperazine rings is 1. The monoisotopic (exact) mass is 296 g/mol. The van der Waals surface area contributed by atoms with Crippen molar-refractivity contribution in [2.45, 2.75) is 71.1 Å². The lowest BCUT2D eigenvalue weighted by Gasteiger charge is -2.38. The molecule has 21 heavy (non-hydrogen) atoms. The first-order chi connectivity index (χ1) is 9.99. The van der Waals surface area contributed by atoms with Crippen LogP contribution < -0.4 is 5.32 Å². The standard InChI is InChI=1S/C16H28N2O3/c1-11(2)10-14-15(19)17-12(3)16(20)18(14)8-4-6-13-7-5-9-21-13/h11-14H,4-10H2,1-3H3,(H,17,19). The second-order valence-corrected chi connectivity index (χ2v) is 6.68. The Morgan fingerprint density at radius 2 is 2.14 bits per heavy atom. The molecule has 1 N–H and O–H groups in total. The quantitative estimate of drug-likeness (QED) is 0.812. The Labute approximate surface area is 127 Å². The van der Waals surface area contributed by atoms with E-state index in [2.05, 4.69) is 19.2 Å². The Hall–Kier alpha value is -1.10. The molecule has 0 aromatic heterocycles. The predicted octanol–water partition coefficient (Wildman–Crippen LogP) is 1.71. The summed E-state index contributed by atoms with van der Waals surface area (Å²) in [5.74, 6) is 0.433. The molecule has 2 fully saturated rings. The number of ether oxygens (including phenoxy) is 1. The molecule has 0 spiro atoms. The van der Waals surface area contributed by atoms with Gasteiger partial charge in [-0.15, -0.1) is 0 Å². The molecule has 0 saturated carbocycles. The zero-order valence-corrected chi connectivity index (χ0v) is 13.4. The smallest absolute Gasteiger partial charge is 0.245 e. The SMILES string of the molecule is CC(C)CC1C(=O)NC(C)C(=O)N1CCCC1CCCO1. The van der Waals surface area contributed by atoms with E-state index in [-0.39, 0.29) is 17.9 Å². The van der Waals surface area contributed by atoms with E-state index >= 15 is 0 Å². The van der Waals surface area contributed by atoms with Gasteiger partial charge in [-0.25, -0.2) is 0 Å². The molecular formula is C16H28N2O3. The molecule has 3 unspecified atom stereocenters. The minimum Gasteiger partial charge on any atom is -0.378 e. The molecule has 5 nitrogen and oxygen atoms in total. The molecule has 5 heteroatoms. The number of amides is 2. The molecule has 2 rings (SSSR count). The van der Waals surface area contributed by atoms with Crippen LogP contribution >= 0.6 is 0 Å². The summed E-state index contributed by atoms with van der Waals surface area (Å²) in [5, 5.41) is 2.79. The van der Waals surface area contributed by atoms with Crippen molar-refractivity contribution in [3.05, 3.63) is 0 Å². The van der Waals surface area contributed by atoms with Crippen LogP contribution in [0.4, 0.5) is 0 Å². The minimum absolute atomic E-state index is 0.00656. The summed E-state index contributed by atoms with van der Waals surface area (Å²) in [7, 11) is 0. The number of carbonyl (C=O) groups is 2. The maximum absolute atomic E-state index is 12.4. The highest BCUT2D eigenvalue weighted by Gasteiger charge is 2.38. The maximum Gasteiger partial charge on any atom is 0.245 e. The first-order valence-electron chi connectivity index (χ1n) is 8.21. The van der Waals surface area contributed by atoms with Crippen molar-refractivity contribution >= 4 is 11.8 Å². The van der Waals surface area contributed by atoms with Gasteiger partial charge in [-0.1, -0.05) is 13.8 Å². The van der Waals surface area contributed by atoms with E-state index in [1.807, 2.05) is 0 Å². The molecule has 2 amide bonds. The third-order valence-electron chi connectivity index (χ3n) is 4.33. The van der Waals surface area contributed by atoms with Crippen molar-refractivity contribution in [3.8, 4) is 0 Å². The molecule has 2 aliphatic heterocycles. The van der Waals surface area contributed by atoms with E-state index in [9.17, 15) is 9.59 Å². The number of rotatable bonds is 6. The Kier molecular flexibility index (Phi) is 5.62. The fraction of sp³-hybridized carbons (Fsp3) is 0.875. The second-order valence-electron chi connectivity index (χ2n) is 6.68. The summed E-state index contributed by atoms with van der Waals surface area (Å²) < 4.78 is 5.62. The lowest BCUT2D eigenvalue weighted by atomic mass is 9.97. The van der Waals surface area contributed by atoms with Gasteiger partial charge in [-0.05, 0) is 44.9 Å². The summed E-state index contributed by atoms with van der Waals surface area (Å²) in [6.07, 6.45) is 5.23. The zero-order valence-electron chi connectivity index (χ0n) is 13.4. The van der Waals surface area contributed by atoms with Crippen molar-refractivity contribution in [2.75, 3.05) is 13.2 Å². The van der Waals surface area contributed by atoms with Crippen LogP contribution in [0.15, 0.2) is 0 Å². The van der Waals surface area contributed by atoms with Crippen LogP contribution in [0.2, 0.25) is 0 Å². The first kappa shape index (κ1) is 16.3. The van der Waals surface area contributed by atoms with Crippen molar-refractivity contribution in [1.82, 2.24) is 10.2 Å². The molecular weight excluding hydrogens is 268 g/mol. The summed E-state index contributed by atoms with van der Waals surface area (Å²) in [6, 6.07) is -0.707. The number of hydrogen-bond donors (Lipinski definition) is 1. The molecule has 0 aromatic carbocycles. The van der Waals surface area contributed by atoms with Crippen molar-refractivity contribution < 1.29 is 14.3 Å². The number of nitrogens with zero attached hydrogens (tertiary/aromatic N) is 1. The largest absolute Gasteiger partial charge is 0.378 e. The summed E-state index contributed by atoms with van der Waals surface area (Å²) in [4.78, 5) is 26.3. The molecule has 2 aliphatic rings. The Bertz CT molecular complexity index is 378. The normalized spacial score (nSPS) is 30.1. The summed E-state index contributed by atoms with van der Waals surface area (Å²) in [5.41, 5.74) is 0. The fourth-order valence-electron chi connectivity index (χ4n) is 3.22. The van der Waals surface area contributed by atoms with E-state index in [1.54, 1.807) is 11.8 Å². The van der Waals surface area contributed by atoms with Crippen LogP contribution in [0.25, 0.3) is 0 Å². The maximum atomic E-state index is 12.4. The van der Waals surface area contributed by atoms with Crippen molar-refractivity contribution in [3.63, 3.8) is 0 Å². The van der Waals surface area contributed by atoms with Crippen molar-refractivity contribution in [2.24, 2.45) is 5.92 Å². The van der Waals surface area contributed by atoms with Crippen LogP contribution in [0.3, 0.4) is 0 Å². The topological polar surface area (TPSA) is 58.6 Å². The van der Waals surface area contributed by atoms with Gasteiger partial charge in [0.1, 0.15) is 12.1 Å². The van der Waals surface area contributed by atoms with E-state index < -0.39 is 6.04 Å². The molecule has 120 valence electrons. The van der Waals surface area contributed by atoms with Crippen molar-refractivity contribution in [1.29, 1.82) is 0 Å². The number of hydrogen-bond acceptors (Lipinski definition) is 3. The van der Waals surface area contributed by atoms with Crippen LogP contribution in [0.1, 0.15) is 52.9 Å². The van der Waals surface area contributed by atoms with Gasteiger partial charge < -0.3 is 15.0 Å². The number of carbonyl (C=O) groups excluding carboxylic acids is 2. The Morgan fingerprint density at radius 3 is 2.76 bits per heavy atom. The average Bonchev–Trinajstić information content (AvgIpc) is 2.92. The molecule has 2 heterocycles. The van der Waals surface area contributed by atoms with Crippen LogP contribution in [0.5, 0.6) is 0 Å². The van der Waals surface area contributed by atoms with Gasteiger partial charge in [0.15, 0.2) is 0 Å². The van der Waals surface area contributed by atoms with Gasteiger partial charge in [0.25, 0.3) is 0 Å². The average molecular weight is 296 g/mol.